The number of hydrogen-bond donors (Lipinski definition) is 0. The maximum atomic E-state index is 11.8. The van der Waals surface area contributed by atoms with Crippen molar-refractivity contribution in [3.63, 3.8) is 0 Å². The number of ether oxygens (including phenoxy) is 1. The fourth-order valence-corrected chi connectivity index (χ4v) is 2.82. The topological polar surface area (TPSA) is 60.4 Å². The van der Waals surface area contributed by atoms with Gasteiger partial charge in [0.15, 0.2) is 11.6 Å². The molecule has 0 heterocycles. The average molecular weight is 320 g/mol. The van der Waals surface area contributed by atoms with Gasteiger partial charge in [0.2, 0.25) is 0 Å². The second-order valence-electron chi connectivity index (χ2n) is 5.92. The van der Waals surface area contributed by atoms with Crippen molar-refractivity contribution in [1.82, 2.24) is 0 Å². The van der Waals surface area contributed by atoms with E-state index in [1.807, 2.05) is 13.0 Å². The highest BCUT2D eigenvalue weighted by Crippen LogP contribution is 2.26. The molecule has 1 aliphatic carbocycles. The van der Waals surface area contributed by atoms with Crippen LogP contribution in [0.3, 0.4) is 0 Å². The first-order chi connectivity index (χ1) is 11.1. The van der Waals surface area contributed by atoms with Gasteiger partial charge >= 0.3 is 5.97 Å². The number of hydrogen-bond acceptors (Lipinski definition) is 4. The molecule has 0 saturated heterocycles. The number of rotatable bonds is 11. The van der Waals surface area contributed by atoms with Gasteiger partial charge in [-0.05, 0) is 42.9 Å². The highest BCUT2D eigenvalue weighted by molar-refractivity contribution is 5.99. The fourth-order valence-electron chi connectivity index (χ4n) is 2.82. The molecular weight excluding hydrogens is 292 g/mol. The smallest absolute Gasteiger partial charge is 0.305 e. The fraction of sp³-hybridized carbons (Fsp3) is 0.632. The number of carbonyl (C=O) groups excluding carboxylic acids is 3. The maximum absolute atomic E-state index is 11.8. The molecule has 23 heavy (non-hydrogen) atoms. The summed E-state index contributed by atoms with van der Waals surface area (Å²) in [6, 6.07) is 0. The normalized spacial score (nSPS) is 14.8. The maximum Gasteiger partial charge on any atom is 0.305 e. The Hall–Kier alpha value is -1.71. The van der Waals surface area contributed by atoms with Crippen LogP contribution in [-0.2, 0) is 19.1 Å². The van der Waals surface area contributed by atoms with E-state index in [1.54, 1.807) is 6.08 Å². The van der Waals surface area contributed by atoms with Crippen molar-refractivity contribution in [2.75, 3.05) is 7.11 Å². The SMILES string of the molecule is CCC1=C(/C=C/C(=O)CCCCCCCC(=O)OC)CCC1=O. The van der Waals surface area contributed by atoms with E-state index in [0.717, 1.165) is 56.1 Å². The lowest BCUT2D eigenvalue weighted by molar-refractivity contribution is -0.140. The lowest BCUT2D eigenvalue weighted by Gasteiger charge is -2.01. The molecule has 0 atom stereocenters. The number of esters is 1. The lowest BCUT2D eigenvalue weighted by Crippen LogP contribution is -1.99. The third-order valence-corrected chi connectivity index (χ3v) is 4.20. The van der Waals surface area contributed by atoms with Crippen molar-refractivity contribution >= 4 is 17.5 Å². The van der Waals surface area contributed by atoms with Gasteiger partial charge in [0.05, 0.1) is 7.11 Å². The first kappa shape index (κ1) is 19.3. The summed E-state index contributed by atoms with van der Waals surface area (Å²) in [4.78, 5) is 34.4. The van der Waals surface area contributed by atoms with Crippen LogP contribution in [0.2, 0.25) is 0 Å². The predicted molar refractivity (Wildman–Crippen MR) is 90.0 cm³/mol. The van der Waals surface area contributed by atoms with Gasteiger partial charge in [0, 0.05) is 19.3 Å². The van der Waals surface area contributed by atoms with E-state index in [1.165, 1.54) is 7.11 Å². The average Bonchev–Trinajstić information content (AvgIpc) is 2.91. The summed E-state index contributed by atoms with van der Waals surface area (Å²) in [6.07, 6.45) is 11.4. The molecule has 0 aliphatic heterocycles. The molecule has 0 amide bonds. The molecule has 0 fully saturated rings. The van der Waals surface area contributed by atoms with E-state index < -0.39 is 0 Å². The molecule has 0 N–H and O–H groups in total. The standard InChI is InChI=1S/C19H28O4/c1-3-17-15(12-14-18(17)21)11-13-16(20)9-7-5-4-6-8-10-19(22)23-2/h11,13H,3-10,12,14H2,1-2H3/b13-11+. The zero-order valence-corrected chi connectivity index (χ0v) is 14.4. The molecule has 0 aromatic rings. The molecule has 0 aromatic carbocycles. The van der Waals surface area contributed by atoms with Crippen LogP contribution in [0.25, 0.3) is 0 Å². The summed E-state index contributed by atoms with van der Waals surface area (Å²) >= 11 is 0. The van der Waals surface area contributed by atoms with Crippen LogP contribution in [0.5, 0.6) is 0 Å². The van der Waals surface area contributed by atoms with E-state index in [-0.39, 0.29) is 17.5 Å². The van der Waals surface area contributed by atoms with Crippen molar-refractivity contribution in [2.45, 2.75) is 71.1 Å². The molecule has 4 heteroatoms. The van der Waals surface area contributed by atoms with Gasteiger partial charge in [-0.15, -0.1) is 0 Å². The van der Waals surface area contributed by atoms with Crippen LogP contribution in [-0.4, -0.2) is 24.6 Å². The molecule has 0 radical (unpaired) electrons. The number of allylic oxidation sites excluding steroid dienone is 4. The molecule has 1 aliphatic rings. The summed E-state index contributed by atoms with van der Waals surface area (Å²) in [6.45, 7) is 1.98. The van der Waals surface area contributed by atoms with Gasteiger partial charge < -0.3 is 4.74 Å². The Morgan fingerprint density at radius 1 is 1.04 bits per heavy atom. The second kappa shape index (κ2) is 10.9. The molecule has 1 rings (SSSR count). The van der Waals surface area contributed by atoms with Crippen molar-refractivity contribution in [1.29, 1.82) is 0 Å². The zero-order valence-electron chi connectivity index (χ0n) is 14.4. The minimum absolute atomic E-state index is 0.127. The first-order valence-corrected chi connectivity index (χ1v) is 8.61. The third-order valence-electron chi connectivity index (χ3n) is 4.20. The monoisotopic (exact) mass is 320 g/mol. The Morgan fingerprint density at radius 2 is 1.70 bits per heavy atom. The van der Waals surface area contributed by atoms with Crippen LogP contribution < -0.4 is 0 Å². The van der Waals surface area contributed by atoms with Crippen molar-refractivity contribution in [3.05, 3.63) is 23.3 Å². The largest absolute Gasteiger partial charge is 0.469 e. The summed E-state index contributed by atoms with van der Waals surface area (Å²) in [7, 11) is 1.41. The summed E-state index contributed by atoms with van der Waals surface area (Å²) in [5.74, 6) is 0.199. The quantitative estimate of drug-likeness (QED) is 0.327. The molecule has 0 spiro atoms. The van der Waals surface area contributed by atoms with E-state index in [9.17, 15) is 14.4 Å². The highest BCUT2D eigenvalue weighted by Gasteiger charge is 2.19. The van der Waals surface area contributed by atoms with Crippen molar-refractivity contribution in [3.8, 4) is 0 Å². The van der Waals surface area contributed by atoms with Gasteiger partial charge in [0.25, 0.3) is 0 Å². The van der Waals surface area contributed by atoms with Crippen LogP contribution in [0.4, 0.5) is 0 Å². The van der Waals surface area contributed by atoms with E-state index in [4.69, 9.17) is 0 Å². The van der Waals surface area contributed by atoms with Gasteiger partial charge in [-0.25, -0.2) is 0 Å². The Kier molecular flexibility index (Phi) is 9.18. The van der Waals surface area contributed by atoms with Gasteiger partial charge in [-0.3, -0.25) is 14.4 Å². The van der Waals surface area contributed by atoms with Crippen LogP contribution in [0.1, 0.15) is 71.1 Å². The Morgan fingerprint density at radius 3 is 2.35 bits per heavy atom. The lowest BCUT2D eigenvalue weighted by atomic mass is 10.1. The first-order valence-electron chi connectivity index (χ1n) is 8.61. The molecule has 4 nitrogen and oxygen atoms in total. The van der Waals surface area contributed by atoms with Crippen LogP contribution in [0, 0.1) is 0 Å². The van der Waals surface area contributed by atoms with Crippen LogP contribution in [0.15, 0.2) is 23.3 Å². The van der Waals surface area contributed by atoms with Crippen molar-refractivity contribution < 1.29 is 19.1 Å². The zero-order chi connectivity index (χ0) is 17.1. The van der Waals surface area contributed by atoms with Gasteiger partial charge in [0.1, 0.15) is 0 Å². The molecule has 0 aromatic heterocycles. The van der Waals surface area contributed by atoms with Gasteiger partial charge in [-0.2, -0.15) is 0 Å². The van der Waals surface area contributed by atoms with Crippen molar-refractivity contribution in [2.24, 2.45) is 0 Å². The molecular formula is C19H28O4. The Labute approximate surface area is 139 Å². The number of methoxy groups -OCH3 is 1. The van der Waals surface area contributed by atoms with E-state index in [2.05, 4.69) is 4.74 Å². The summed E-state index contributed by atoms with van der Waals surface area (Å²) in [5.41, 5.74) is 1.92. The number of ketones is 2. The Balaban J connectivity index is 2.15. The molecule has 128 valence electrons. The van der Waals surface area contributed by atoms with E-state index >= 15 is 0 Å². The highest BCUT2D eigenvalue weighted by atomic mass is 16.5. The molecule has 0 unspecified atom stereocenters. The van der Waals surface area contributed by atoms with Gasteiger partial charge in [-0.1, -0.05) is 32.3 Å². The number of carbonyl (C=O) groups is 3. The molecule has 0 bridgehead atoms. The Bertz CT molecular complexity index is 486. The minimum atomic E-state index is -0.156. The predicted octanol–water partition coefficient (Wildman–Crippen LogP) is 4.08. The second-order valence-corrected chi connectivity index (χ2v) is 5.92. The summed E-state index contributed by atoms with van der Waals surface area (Å²) in [5, 5.41) is 0. The third kappa shape index (κ3) is 7.40. The minimum Gasteiger partial charge on any atom is -0.469 e. The van der Waals surface area contributed by atoms with Crippen LogP contribution >= 0.6 is 0 Å². The number of unbranched alkanes of at least 4 members (excludes halogenated alkanes) is 4. The number of Topliss-reactive ketones (excluding diaryl/α,β-unsaturated/α-hetero) is 1. The molecule has 0 saturated carbocycles. The van der Waals surface area contributed by atoms with E-state index in [0.29, 0.717) is 19.3 Å². The summed E-state index contributed by atoms with van der Waals surface area (Å²) < 4.78 is 4.58.